The summed E-state index contributed by atoms with van der Waals surface area (Å²) in [5, 5.41) is 9.49. The fourth-order valence-corrected chi connectivity index (χ4v) is 1.78. The lowest BCUT2D eigenvalue weighted by atomic mass is 10.0. The van der Waals surface area contributed by atoms with Gasteiger partial charge in [0.05, 0.1) is 18.9 Å². The highest BCUT2D eigenvalue weighted by Crippen LogP contribution is 2.36. The van der Waals surface area contributed by atoms with Crippen LogP contribution in [0.25, 0.3) is 11.3 Å². The molecule has 1 N–H and O–H groups in total. The number of rotatable bonds is 2. The normalized spacial score (nSPS) is 10.4. The molecule has 0 amide bonds. The minimum absolute atomic E-state index is 0.196. The SMILES string of the molecule is COc1cc(O)cc(C)c1-c1cc(C)co1. The summed E-state index contributed by atoms with van der Waals surface area (Å²) in [7, 11) is 1.58. The van der Waals surface area contributed by atoms with E-state index < -0.39 is 0 Å². The van der Waals surface area contributed by atoms with Crippen LogP contribution in [0.15, 0.2) is 28.9 Å². The Bertz CT molecular complexity index is 512. The van der Waals surface area contributed by atoms with Gasteiger partial charge in [-0.25, -0.2) is 0 Å². The Labute approximate surface area is 94.3 Å². The van der Waals surface area contributed by atoms with Crippen molar-refractivity contribution in [2.24, 2.45) is 0 Å². The van der Waals surface area contributed by atoms with E-state index in [2.05, 4.69) is 0 Å². The van der Waals surface area contributed by atoms with Gasteiger partial charge < -0.3 is 14.3 Å². The number of hydrogen-bond donors (Lipinski definition) is 1. The van der Waals surface area contributed by atoms with Crippen LogP contribution >= 0.6 is 0 Å². The van der Waals surface area contributed by atoms with Crippen LogP contribution < -0.4 is 4.74 Å². The van der Waals surface area contributed by atoms with Gasteiger partial charge in [-0.3, -0.25) is 0 Å². The third-order valence-electron chi connectivity index (χ3n) is 2.48. The van der Waals surface area contributed by atoms with Gasteiger partial charge in [0.1, 0.15) is 17.3 Å². The Kier molecular flexibility index (Phi) is 2.60. The van der Waals surface area contributed by atoms with Crippen molar-refractivity contribution in [1.82, 2.24) is 0 Å². The van der Waals surface area contributed by atoms with Gasteiger partial charge in [-0.05, 0) is 37.1 Å². The van der Waals surface area contributed by atoms with Crippen LogP contribution in [0.2, 0.25) is 0 Å². The second kappa shape index (κ2) is 3.93. The maximum atomic E-state index is 9.49. The van der Waals surface area contributed by atoms with E-state index in [1.807, 2.05) is 19.9 Å². The lowest BCUT2D eigenvalue weighted by Crippen LogP contribution is -1.90. The maximum absolute atomic E-state index is 9.49. The van der Waals surface area contributed by atoms with Crippen LogP contribution in [0.3, 0.4) is 0 Å². The first-order chi connectivity index (χ1) is 7.61. The van der Waals surface area contributed by atoms with Crippen molar-refractivity contribution in [2.45, 2.75) is 13.8 Å². The van der Waals surface area contributed by atoms with Gasteiger partial charge in [-0.1, -0.05) is 0 Å². The summed E-state index contributed by atoms with van der Waals surface area (Å²) in [6.45, 7) is 3.88. The molecule has 3 nitrogen and oxygen atoms in total. The Morgan fingerprint density at radius 3 is 2.50 bits per heavy atom. The molecular formula is C13H14O3. The van der Waals surface area contributed by atoms with Crippen molar-refractivity contribution >= 4 is 0 Å². The largest absolute Gasteiger partial charge is 0.508 e. The summed E-state index contributed by atoms with van der Waals surface area (Å²) in [5.74, 6) is 1.57. The smallest absolute Gasteiger partial charge is 0.138 e. The lowest BCUT2D eigenvalue weighted by Gasteiger charge is -2.09. The average molecular weight is 218 g/mol. The van der Waals surface area contributed by atoms with Crippen molar-refractivity contribution in [3.63, 3.8) is 0 Å². The van der Waals surface area contributed by atoms with Gasteiger partial charge in [0.15, 0.2) is 0 Å². The molecular weight excluding hydrogens is 204 g/mol. The first kappa shape index (κ1) is 10.6. The molecule has 84 valence electrons. The Balaban J connectivity index is 2.63. The van der Waals surface area contributed by atoms with E-state index in [9.17, 15) is 5.11 Å². The van der Waals surface area contributed by atoms with Crippen molar-refractivity contribution in [1.29, 1.82) is 0 Å². The number of aryl methyl sites for hydroxylation is 2. The fourth-order valence-electron chi connectivity index (χ4n) is 1.78. The van der Waals surface area contributed by atoms with Crippen LogP contribution in [-0.4, -0.2) is 12.2 Å². The molecule has 0 spiro atoms. The van der Waals surface area contributed by atoms with Crippen LogP contribution in [0.5, 0.6) is 11.5 Å². The summed E-state index contributed by atoms with van der Waals surface area (Å²) in [6, 6.07) is 5.22. The molecule has 1 aromatic carbocycles. The van der Waals surface area contributed by atoms with Gasteiger partial charge in [0.25, 0.3) is 0 Å². The molecule has 16 heavy (non-hydrogen) atoms. The molecule has 1 aromatic heterocycles. The van der Waals surface area contributed by atoms with E-state index >= 15 is 0 Å². The molecule has 0 bridgehead atoms. The minimum Gasteiger partial charge on any atom is -0.508 e. The van der Waals surface area contributed by atoms with E-state index in [4.69, 9.17) is 9.15 Å². The second-order valence-corrected chi connectivity index (χ2v) is 3.83. The molecule has 1 heterocycles. The molecule has 0 saturated heterocycles. The highest BCUT2D eigenvalue weighted by molar-refractivity contribution is 5.71. The van der Waals surface area contributed by atoms with Gasteiger partial charge in [-0.2, -0.15) is 0 Å². The zero-order valence-corrected chi connectivity index (χ0v) is 9.57. The number of aromatic hydroxyl groups is 1. The molecule has 0 unspecified atom stereocenters. The van der Waals surface area contributed by atoms with Crippen molar-refractivity contribution in [3.8, 4) is 22.8 Å². The van der Waals surface area contributed by atoms with Gasteiger partial charge in [0, 0.05) is 6.07 Å². The number of phenolic OH excluding ortho intramolecular Hbond substituents is 1. The quantitative estimate of drug-likeness (QED) is 0.841. The summed E-state index contributed by atoms with van der Waals surface area (Å²) >= 11 is 0. The number of ether oxygens (including phenoxy) is 1. The van der Waals surface area contributed by atoms with E-state index in [0.29, 0.717) is 5.75 Å². The summed E-state index contributed by atoms with van der Waals surface area (Å²) in [5.41, 5.74) is 2.86. The van der Waals surface area contributed by atoms with E-state index in [-0.39, 0.29) is 5.75 Å². The van der Waals surface area contributed by atoms with Crippen LogP contribution in [0, 0.1) is 13.8 Å². The van der Waals surface area contributed by atoms with Crippen LogP contribution in [0.4, 0.5) is 0 Å². The Hall–Kier alpha value is -1.90. The predicted molar refractivity (Wildman–Crippen MR) is 61.8 cm³/mol. The summed E-state index contributed by atoms with van der Waals surface area (Å²) in [4.78, 5) is 0. The molecule has 0 radical (unpaired) electrons. The topological polar surface area (TPSA) is 42.6 Å². The van der Waals surface area contributed by atoms with Gasteiger partial charge in [-0.15, -0.1) is 0 Å². The number of hydrogen-bond acceptors (Lipinski definition) is 3. The van der Waals surface area contributed by atoms with Crippen molar-refractivity contribution in [3.05, 3.63) is 35.6 Å². The average Bonchev–Trinajstić information content (AvgIpc) is 2.63. The van der Waals surface area contributed by atoms with Crippen LogP contribution in [-0.2, 0) is 0 Å². The molecule has 3 heteroatoms. The monoisotopic (exact) mass is 218 g/mol. The zero-order valence-electron chi connectivity index (χ0n) is 9.57. The molecule has 0 aliphatic rings. The summed E-state index contributed by atoms with van der Waals surface area (Å²) in [6.07, 6.45) is 1.70. The Morgan fingerprint density at radius 1 is 1.19 bits per heavy atom. The van der Waals surface area contributed by atoms with E-state index in [1.165, 1.54) is 0 Å². The third-order valence-corrected chi connectivity index (χ3v) is 2.48. The number of phenols is 1. The molecule has 0 aliphatic heterocycles. The van der Waals surface area contributed by atoms with Gasteiger partial charge >= 0.3 is 0 Å². The molecule has 0 saturated carbocycles. The maximum Gasteiger partial charge on any atom is 0.138 e. The van der Waals surface area contributed by atoms with Crippen molar-refractivity contribution < 1.29 is 14.3 Å². The van der Waals surface area contributed by atoms with E-state index in [1.54, 1.807) is 25.5 Å². The predicted octanol–water partition coefficient (Wildman–Crippen LogP) is 3.28. The van der Waals surface area contributed by atoms with E-state index in [0.717, 1.165) is 22.5 Å². The lowest BCUT2D eigenvalue weighted by molar-refractivity contribution is 0.407. The highest BCUT2D eigenvalue weighted by atomic mass is 16.5. The summed E-state index contributed by atoms with van der Waals surface area (Å²) < 4.78 is 10.7. The third kappa shape index (κ3) is 1.76. The highest BCUT2D eigenvalue weighted by Gasteiger charge is 2.13. The molecule has 0 atom stereocenters. The number of furan rings is 1. The van der Waals surface area contributed by atoms with Crippen LogP contribution in [0.1, 0.15) is 11.1 Å². The second-order valence-electron chi connectivity index (χ2n) is 3.83. The zero-order chi connectivity index (χ0) is 11.7. The standard InChI is InChI=1S/C13H14O3/c1-8-4-12(16-7-8)13-9(2)5-10(14)6-11(13)15-3/h4-7,14H,1-3H3. The molecule has 0 aliphatic carbocycles. The number of benzene rings is 1. The minimum atomic E-state index is 0.196. The Morgan fingerprint density at radius 2 is 1.94 bits per heavy atom. The number of methoxy groups -OCH3 is 1. The van der Waals surface area contributed by atoms with Gasteiger partial charge in [0.2, 0.25) is 0 Å². The molecule has 2 aromatic rings. The van der Waals surface area contributed by atoms with Crippen molar-refractivity contribution in [2.75, 3.05) is 7.11 Å². The molecule has 0 fully saturated rings. The molecule has 2 rings (SSSR count). The first-order valence-electron chi connectivity index (χ1n) is 5.05. The fraction of sp³-hybridized carbons (Fsp3) is 0.231. The first-order valence-corrected chi connectivity index (χ1v) is 5.05.